The van der Waals surface area contributed by atoms with Crippen molar-refractivity contribution in [2.45, 2.75) is 57.5 Å². The smallest absolute Gasteiger partial charge is 0.306 e. The highest BCUT2D eigenvalue weighted by Gasteiger charge is 2.56. The molecule has 0 aromatic heterocycles. The van der Waals surface area contributed by atoms with Gasteiger partial charge < -0.3 is 4.74 Å². The van der Waals surface area contributed by atoms with E-state index in [1.165, 1.54) is 5.57 Å². The van der Waals surface area contributed by atoms with Crippen molar-refractivity contribution in [3.8, 4) is 0 Å². The first kappa shape index (κ1) is 12.6. The van der Waals surface area contributed by atoms with Crippen molar-refractivity contribution in [2.24, 2.45) is 23.7 Å². The van der Waals surface area contributed by atoms with Crippen LogP contribution in [0.4, 0.5) is 0 Å². The number of allylic oxidation sites excluding steroid dienone is 2. The van der Waals surface area contributed by atoms with Crippen LogP contribution in [0.5, 0.6) is 0 Å². The van der Waals surface area contributed by atoms with Gasteiger partial charge in [-0.25, -0.2) is 0 Å². The molecular formula is C17H22O3. The fourth-order valence-electron chi connectivity index (χ4n) is 5.44. The molecule has 0 aromatic carbocycles. The van der Waals surface area contributed by atoms with Crippen LogP contribution >= 0.6 is 0 Å². The van der Waals surface area contributed by atoms with Crippen LogP contribution in [0.25, 0.3) is 0 Å². The minimum Gasteiger partial charge on any atom is -0.459 e. The summed E-state index contributed by atoms with van der Waals surface area (Å²) >= 11 is 0. The number of ketones is 1. The van der Waals surface area contributed by atoms with Crippen molar-refractivity contribution in [1.82, 2.24) is 0 Å². The standard InChI is InChI=1S/C17H22O3/c1-17-7-6-13-12-5-3-11(18)8-10(12)2-4-14(13)15(17)9-16(19)20-17/h8,12-15H,2-7,9H2,1H3/t12?,13?,14?,15?,17-/m1/s1. The van der Waals surface area contributed by atoms with Gasteiger partial charge in [-0.2, -0.15) is 0 Å². The van der Waals surface area contributed by atoms with E-state index >= 15 is 0 Å². The molecule has 0 bridgehead atoms. The molecule has 0 amide bonds. The number of carbonyl (C=O) groups is 2. The first-order valence-corrected chi connectivity index (χ1v) is 8.02. The van der Waals surface area contributed by atoms with E-state index in [2.05, 4.69) is 6.92 Å². The predicted molar refractivity (Wildman–Crippen MR) is 73.9 cm³/mol. The second kappa shape index (κ2) is 4.19. The Morgan fingerprint density at radius 3 is 2.85 bits per heavy atom. The summed E-state index contributed by atoms with van der Waals surface area (Å²) in [6, 6.07) is 0. The average molecular weight is 274 g/mol. The van der Waals surface area contributed by atoms with Crippen LogP contribution in [-0.2, 0) is 14.3 Å². The lowest BCUT2D eigenvalue weighted by Gasteiger charge is -2.51. The molecule has 0 spiro atoms. The monoisotopic (exact) mass is 274 g/mol. The summed E-state index contributed by atoms with van der Waals surface area (Å²) in [7, 11) is 0. The van der Waals surface area contributed by atoms with Crippen molar-refractivity contribution >= 4 is 11.8 Å². The predicted octanol–water partition coefficient (Wildman–Crippen LogP) is 3.03. The van der Waals surface area contributed by atoms with Crippen molar-refractivity contribution < 1.29 is 14.3 Å². The molecule has 20 heavy (non-hydrogen) atoms. The van der Waals surface area contributed by atoms with Gasteiger partial charge in [-0.15, -0.1) is 0 Å². The number of hydrogen-bond donors (Lipinski definition) is 0. The molecule has 4 rings (SSSR count). The summed E-state index contributed by atoms with van der Waals surface area (Å²) in [4.78, 5) is 23.4. The molecule has 3 aliphatic carbocycles. The highest BCUT2D eigenvalue weighted by Crippen LogP contribution is 2.57. The molecule has 2 saturated carbocycles. The molecule has 5 atom stereocenters. The highest BCUT2D eigenvalue weighted by molar-refractivity contribution is 5.91. The molecule has 108 valence electrons. The second-order valence-electron chi connectivity index (χ2n) is 7.33. The molecule has 0 aromatic rings. The summed E-state index contributed by atoms with van der Waals surface area (Å²) in [5.74, 6) is 2.62. The second-order valence-corrected chi connectivity index (χ2v) is 7.33. The van der Waals surface area contributed by atoms with Crippen LogP contribution in [0.2, 0.25) is 0 Å². The lowest BCUT2D eigenvalue weighted by Crippen LogP contribution is -2.48. The van der Waals surface area contributed by atoms with E-state index in [9.17, 15) is 9.59 Å². The molecular weight excluding hydrogens is 252 g/mol. The van der Waals surface area contributed by atoms with Crippen molar-refractivity contribution in [3.05, 3.63) is 11.6 Å². The molecule has 1 heterocycles. The maximum Gasteiger partial charge on any atom is 0.306 e. The van der Waals surface area contributed by atoms with E-state index in [4.69, 9.17) is 4.74 Å². The van der Waals surface area contributed by atoms with Gasteiger partial charge in [0.25, 0.3) is 0 Å². The maximum atomic E-state index is 11.7. The fourth-order valence-corrected chi connectivity index (χ4v) is 5.44. The van der Waals surface area contributed by atoms with E-state index in [1.54, 1.807) is 0 Å². The van der Waals surface area contributed by atoms with Crippen LogP contribution < -0.4 is 0 Å². The molecule has 4 unspecified atom stereocenters. The number of ether oxygens (including phenoxy) is 1. The number of carbonyl (C=O) groups excluding carboxylic acids is 2. The number of rotatable bonds is 0. The molecule has 3 nitrogen and oxygen atoms in total. The van der Waals surface area contributed by atoms with E-state index in [1.807, 2.05) is 6.08 Å². The Labute approximate surface area is 119 Å². The maximum absolute atomic E-state index is 11.7. The summed E-state index contributed by atoms with van der Waals surface area (Å²) < 4.78 is 5.65. The average Bonchev–Trinajstić information content (AvgIpc) is 2.72. The van der Waals surface area contributed by atoms with Gasteiger partial charge in [-0.1, -0.05) is 5.57 Å². The summed E-state index contributed by atoms with van der Waals surface area (Å²) in [5, 5.41) is 0. The Kier molecular flexibility index (Phi) is 2.64. The number of hydrogen-bond acceptors (Lipinski definition) is 3. The van der Waals surface area contributed by atoms with Gasteiger partial charge in [-0.05, 0) is 62.9 Å². The third-order valence-corrected chi connectivity index (χ3v) is 6.37. The van der Waals surface area contributed by atoms with Crippen LogP contribution in [-0.4, -0.2) is 17.4 Å². The van der Waals surface area contributed by atoms with Crippen molar-refractivity contribution in [3.63, 3.8) is 0 Å². The summed E-state index contributed by atoms with van der Waals surface area (Å²) in [5.41, 5.74) is 1.19. The van der Waals surface area contributed by atoms with Crippen molar-refractivity contribution in [1.29, 1.82) is 0 Å². The van der Waals surface area contributed by atoms with E-state index < -0.39 is 0 Å². The zero-order valence-corrected chi connectivity index (χ0v) is 12.1. The quantitative estimate of drug-likeness (QED) is 0.638. The molecule has 1 saturated heterocycles. The van der Waals surface area contributed by atoms with Crippen LogP contribution in [0.1, 0.15) is 51.9 Å². The first-order chi connectivity index (χ1) is 9.57. The van der Waals surface area contributed by atoms with Gasteiger partial charge in [0.05, 0.1) is 6.42 Å². The fraction of sp³-hybridized carbons (Fsp3) is 0.765. The van der Waals surface area contributed by atoms with E-state index in [0.717, 1.165) is 38.5 Å². The van der Waals surface area contributed by atoms with Crippen molar-refractivity contribution in [2.75, 3.05) is 0 Å². The molecule has 3 heteroatoms. The lowest BCUT2D eigenvalue weighted by molar-refractivity contribution is -0.152. The van der Waals surface area contributed by atoms with Gasteiger partial charge in [0.1, 0.15) is 5.60 Å². The Hall–Kier alpha value is -1.12. The van der Waals surface area contributed by atoms with Crippen LogP contribution in [0, 0.1) is 23.7 Å². The number of esters is 1. The lowest BCUT2D eigenvalue weighted by atomic mass is 9.54. The largest absolute Gasteiger partial charge is 0.459 e. The molecule has 4 aliphatic rings. The normalized spacial score (nSPS) is 47.0. The van der Waals surface area contributed by atoms with Gasteiger partial charge in [-0.3, -0.25) is 9.59 Å². The summed E-state index contributed by atoms with van der Waals surface area (Å²) in [6.45, 7) is 2.13. The molecule has 0 radical (unpaired) electrons. The third-order valence-electron chi connectivity index (χ3n) is 6.37. The molecule has 1 aliphatic heterocycles. The summed E-state index contributed by atoms with van der Waals surface area (Å²) in [6.07, 6.45) is 8.63. The van der Waals surface area contributed by atoms with Gasteiger partial charge >= 0.3 is 5.97 Å². The minimum absolute atomic E-state index is 0.00156. The topological polar surface area (TPSA) is 43.4 Å². The highest BCUT2D eigenvalue weighted by atomic mass is 16.6. The third kappa shape index (κ3) is 1.71. The van der Waals surface area contributed by atoms with Gasteiger partial charge in [0.2, 0.25) is 0 Å². The minimum atomic E-state index is -0.204. The number of fused-ring (bicyclic) bond motifs is 5. The zero-order valence-electron chi connectivity index (χ0n) is 12.1. The SMILES string of the molecule is C[C@@]12CCC3C4CCC(=O)C=C4CCC3C1CC(=O)O2. The molecule has 0 N–H and O–H groups in total. The Morgan fingerprint density at radius 2 is 2.00 bits per heavy atom. The van der Waals surface area contributed by atoms with Crippen LogP contribution in [0.3, 0.4) is 0 Å². The van der Waals surface area contributed by atoms with E-state index in [-0.39, 0.29) is 11.6 Å². The van der Waals surface area contributed by atoms with E-state index in [0.29, 0.717) is 35.9 Å². The van der Waals surface area contributed by atoms with Gasteiger partial charge in [0.15, 0.2) is 5.78 Å². The Bertz CT molecular complexity index is 506. The van der Waals surface area contributed by atoms with Crippen LogP contribution in [0.15, 0.2) is 11.6 Å². The van der Waals surface area contributed by atoms with Gasteiger partial charge in [0, 0.05) is 12.3 Å². The first-order valence-electron chi connectivity index (χ1n) is 8.02. The Morgan fingerprint density at radius 1 is 1.15 bits per heavy atom. The zero-order chi connectivity index (χ0) is 13.9. The Balaban J connectivity index is 1.64. The molecule has 3 fully saturated rings.